The molecule has 2 aromatic carbocycles. The van der Waals surface area contributed by atoms with E-state index in [1.807, 2.05) is 0 Å². The summed E-state index contributed by atoms with van der Waals surface area (Å²) in [6.07, 6.45) is -0.364. The van der Waals surface area contributed by atoms with Crippen molar-refractivity contribution in [2.75, 3.05) is 7.11 Å². The third-order valence-electron chi connectivity index (χ3n) is 2.49. The lowest BCUT2D eigenvalue weighted by molar-refractivity contribution is 0.111. The van der Waals surface area contributed by atoms with Gasteiger partial charge in [0.1, 0.15) is 5.75 Å². The Labute approximate surface area is 115 Å². The summed E-state index contributed by atoms with van der Waals surface area (Å²) >= 11 is 0. The molecule has 0 atom stereocenters. The zero-order valence-electron chi connectivity index (χ0n) is 10.7. The van der Waals surface area contributed by atoms with Crippen molar-refractivity contribution in [1.82, 2.24) is 0 Å². The van der Waals surface area contributed by atoms with Crippen molar-refractivity contribution < 1.29 is 23.8 Å². The van der Waals surface area contributed by atoms with Crippen molar-refractivity contribution in [2.45, 2.75) is 0 Å². The normalized spacial score (nSPS) is 9.65. The van der Waals surface area contributed by atoms with Crippen LogP contribution in [0.2, 0.25) is 0 Å². The standard InChI is InChI=1S/C15H12O5/c1-18-13-9-5-6-11(10-16)14(13)20-15(17)19-12-7-3-2-4-8-12/h2-10H,1H3. The van der Waals surface area contributed by atoms with E-state index in [1.165, 1.54) is 13.2 Å². The summed E-state index contributed by atoms with van der Waals surface area (Å²) in [7, 11) is 1.42. The third-order valence-corrected chi connectivity index (χ3v) is 2.49. The van der Waals surface area contributed by atoms with E-state index in [9.17, 15) is 9.59 Å². The van der Waals surface area contributed by atoms with Crippen molar-refractivity contribution in [2.24, 2.45) is 0 Å². The van der Waals surface area contributed by atoms with E-state index < -0.39 is 6.16 Å². The number of benzene rings is 2. The van der Waals surface area contributed by atoms with E-state index in [0.29, 0.717) is 12.0 Å². The first-order chi connectivity index (χ1) is 9.74. The highest BCUT2D eigenvalue weighted by molar-refractivity contribution is 5.83. The molecule has 0 bridgehead atoms. The molecule has 0 spiro atoms. The highest BCUT2D eigenvalue weighted by Gasteiger charge is 2.16. The fourth-order valence-corrected chi connectivity index (χ4v) is 1.58. The molecule has 0 fully saturated rings. The molecular formula is C15H12O5. The fourth-order valence-electron chi connectivity index (χ4n) is 1.58. The number of aldehydes is 1. The van der Waals surface area contributed by atoms with E-state index in [-0.39, 0.29) is 17.1 Å². The van der Waals surface area contributed by atoms with Crippen LogP contribution in [0.5, 0.6) is 17.2 Å². The minimum absolute atomic E-state index is 0.0333. The van der Waals surface area contributed by atoms with E-state index >= 15 is 0 Å². The van der Waals surface area contributed by atoms with Gasteiger partial charge in [-0.3, -0.25) is 4.79 Å². The van der Waals surface area contributed by atoms with E-state index in [2.05, 4.69) is 0 Å². The minimum Gasteiger partial charge on any atom is -0.493 e. The van der Waals surface area contributed by atoms with Gasteiger partial charge in [0.25, 0.3) is 0 Å². The average Bonchev–Trinajstić information content (AvgIpc) is 2.48. The van der Waals surface area contributed by atoms with Gasteiger partial charge in [-0.1, -0.05) is 24.3 Å². The summed E-state index contributed by atoms with van der Waals surface area (Å²) in [5.74, 6) is 0.658. The number of hydrogen-bond acceptors (Lipinski definition) is 5. The first-order valence-corrected chi connectivity index (χ1v) is 5.81. The van der Waals surface area contributed by atoms with Gasteiger partial charge in [0.2, 0.25) is 0 Å². The van der Waals surface area contributed by atoms with Crippen molar-refractivity contribution in [3.8, 4) is 17.2 Å². The molecule has 0 aliphatic carbocycles. The van der Waals surface area contributed by atoms with E-state index in [4.69, 9.17) is 14.2 Å². The van der Waals surface area contributed by atoms with Crippen LogP contribution in [-0.2, 0) is 0 Å². The second-order valence-electron chi connectivity index (χ2n) is 3.76. The number of carbonyl (C=O) groups excluding carboxylic acids is 2. The average molecular weight is 272 g/mol. The maximum atomic E-state index is 11.7. The Morgan fingerprint density at radius 2 is 1.75 bits per heavy atom. The van der Waals surface area contributed by atoms with Gasteiger partial charge in [-0.25, -0.2) is 4.79 Å². The Morgan fingerprint density at radius 3 is 2.40 bits per heavy atom. The Bertz CT molecular complexity index is 607. The molecule has 0 unspecified atom stereocenters. The highest BCUT2D eigenvalue weighted by Crippen LogP contribution is 2.30. The fraction of sp³-hybridized carbons (Fsp3) is 0.0667. The van der Waals surface area contributed by atoms with Crippen LogP contribution in [0.1, 0.15) is 10.4 Å². The van der Waals surface area contributed by atoms with Crippen LogP contribution in [0.3, 0.4) is 0 Å². The number of para-hydroxylation sites is 2. The van der Waals surface area contributed by atoms with Crippen LogP contribution in [0.4, 0.5) is 4.79 Å². The van der Waals surface area contributed by atoms with Gasteiger partial charge in [-0.15, -0.1) is 0 Å². The lowest BCUT2D eigenvalue weighted by Gasteiger charge is -2.10. The van der Waals surface area contributed by atoms with Gasteiger partial charge in [-0.05, 0) is 24.3 Å². The number of carbonyl (C=O) groups is 2. The van der Waals surface area contributed by atoms with Gasteiger partial charge < -0.3 is 14.2 Å². The zero-order chi connectivity index (χ0) is 14.4. The van der Waals surface area contributed by atoms with Crippen LogP contribution in [0.25, 0.3) is 0 Å². The molecule has 20 heavy (non-hydrogen) atoms. The number of methoxy groups -OCH3 is 1. The van der Waals surface area contributed by atoms with Crippen LogP contribution in [0.15, 0.2) is 48.5 Å². The lowest BCUT2D eigenvalue weighted by atomic mass is 10.2. The molecule has 5 nitrogen and oxygen atoms in total. The summed E-state index contributed by atoms with van der Waals surface area (Å²) in [5, 5.41) is 0. The highest BCUT2D eigenvalue weighted by atomic mass is 16.7. The van der Waals surface area contributed by atoms with Crippen LogP contribution < -0.4 is 14.2 Å². The molecular weight excluding hydrogens is 260 g/mol. The Morgan fingerprint density at radius 1 is 1.00 bits per heavy atom. The second kappa shape index (κ2) is 6.38. The van der Waals surface area contributed by atoms with Crippen LogP contribution in [0, 0.1) is 0 Å². The van der Waals surface area contributed by atoms with Crippen LogP contribution >= 0.6 is 0 Å². The first kappa shape index (κ1) is 13.6. The first-order valence-electron chi connectivity index (χ1n) is 5.81. The molecule has 0 amide bonds. The van der Waals surface area contributed by atoms with Crippen molar-refractivity contribution >= 4 is 12.4 Å². The topological polar surface area (TPSA) is 61.8 Å². The zero-order valence-corrected chi connectivity index (χ0v) is 10.7. The predicted molar refractivity (Wildman–Crippen MR) is 71.5 cm³/mol. The summed E-state index contributed by atoms with van der Waals surface area (Å²) in [6, 6.07) is 13.2. The summed E-state index contributed by atoms with van der Waals surface area (Å²) in [5.41, 5.74) is 0.203. The lowest BCUT2D eigenvalue weighted by Crippen LogP contribution is -2.15. The van der Waals surface area contributed by atoms with Crippen molar-refractivity contribution in [1.29, 1.82) is 0 Å². The number of hydrogen-bond donors (Lipinski definition) is 0. The Balaban J connectivity index is 2.17. The molecule has 0 aromatic heterocycles. The smallest absolute Gasteiger partial charge is 0.493 e. The molecule has 102 valence electrons. The minimum atomic E-state index is -0.941. The van der Waals surface area contributed by atoms with Crippen LogP contribution in [-0.4, -0.2) is 19.6 Å². The van der Waals surface area contributed by atoms with E-state index in [0.717, 1.165) is 0 Å². The van der Waals surface area contributed by atoms with Crippen molar-refractivity contribution in [3.63, 3.8) is 0 Å². The van der Waals surface area contributed by atoms with Gasteiger partial charge in [0, 0.05) is 0 Å². The molecule has 0 aliphatic rings. The Hall–Kier alpha value is -2.82. The molecule has 0 saturated carbocycles. The largest absolute Gasteiger partial charge is 0.519 e. The van der Waals surface area contributed by atoms with Crippen molar-refractivity contribution in [3.05, 3.63) is 54.1 Å². The number of ether oxygens (including phenoxy) is 3. The Kier molecular flexibility index (Phi) is 4.34. The van der Waals surface area contributed by atoms with Gasteiger partial charge in [0.15, 0.2) is 17.8 Å². The second-order valence-corrected chi connectivity index (χ2v) is 3.76. The maximum Gasteiger partial charge on any atom is 0.519 e. The quantitative estimate of drug-likeness (QED) is 0.486. The van der Waals surface area contributed by atoms with Gasteiger partial charge >= 0.3 is 6.16 Å². The summed E-state index contributed by atoms with van der Waals surface area (Å²) in [4.78, 5) is 22.6. The van der Waals surface area contributed by atoms with E-state index in [1.54, 1.807) is 42.5 Å². The SMILES string of the molecule is COc1cccc(C=O)c1OC(=O)Oc1ccccc1. The van der Waals surface area contributed by atoms with Gasteiger partial charge in [0.05, 0.1) is 12.7 Å². The molecule has 0 aliphatic heterocycles. The molecule has 0 radical (unpaired) electrons. The summed E-state index contributed by atoms with van der Waals surface area (Å²) < 4.78 is 15.1. The molecule has 0 N–H and O–H groups in total. The molecule has 0 saturated heterocycles. The molecule has 0 heterocycles. The van der Waals surface area contributed by atoms with Gasteiger partial charge in [-0.2, -0.15) is 0 Å². The molecule has 5 heteroatoms. The summed E-state index contributed by atoms with van der Waals surface area (Å²) in [6.45, 7) is 0. The maximum absolute atomic E-state index is 11.7. The molecule has 2 rings (SSSR count). The molecule has 2 aromatic rings. The monoisotopic (exact) mass is 272 g/mol. The predicted octanol–water partition coefficient (Wildman–Crippen LogP) is 3.09. The third kappa shape index (κ3) is 3.14. The number of rotatable bonds is 4.